The Bertz CT molecular complexity index is 704. The molecule has 0 spiro atoms. The molecule has 3 rings (SSSR count). The summed E-state index contributed by atoms with van der Waals surface area (Å²) in [4.78, 5) is 12.8. The van der Waals surface area contributed by atoms with Crippen LogP contribution in [0.4, 0.5) is 0 Å². The number of thiocarbonyl (C=S) groups is 1. The molecular formula is C15H18N4OS. The normalized spacial score (nSPS) is 15.4. The third-order valence-electron chi connectivity index (χ3n) is 3.93. The van der Waals surface area contributed by atoms with E-state index in [9.17, 15) is 4.79 Å². The minimum atomic E-state index is -0.171. The number of fused-ring (bicyclic) bond motifs is 1. The summed E-state index contributed by atoms with van der Waals surface area (Å²) in [5.41, 5.74) is 6.83. The summed E-state index contributed by atoms with van der Waals surface area (Å²) in [6.07, 6.45) is 3.00. The highest BCUT2D eigenvalue weighted by atomic mass is 32.1. The summed E-state index contributed by atoms with van der Waals surface area (Å²) in [5, 5.41) is 4.45. The van der Waals surface area contributed by atoms with Gasteiger partial charge in [-0.1, -0.05) is 42.5 Å². The third kappa shape index (κ3) is 2.76. The van der Waals surface area contributed by atoms with Crippen LogP contribution in [0.15, 0.2) is 35.1 Å². The Kier molecular flexibility index (Phi) is 3.88. The smallest absolute Gasteiger partial charge is 0.345 e. The lowest BCUT2D eigenvalue weighted by molar-refractivity contribution is 0.509. The van der Waals surface area contributed by atoms with Crippen molar-refractivity contribution in [3.05, 3.63) is 52.2 Å². The predicted molar refractivity (Wildman–Crippen MR) is 85.4 cm³/mol. The van der Waals surface area contributed by atoms with Crippen LogP contribution in [0, 0.1) is 0 Å². The molecule has 1 atom stereocenters. The molecule has 2 N–H and O–H groups in total. The fourth-order valence-electron chi connectivity index (χ4n) is 2.79. The standard InChI is InChI=1S/C15H18N4OS/c16-14(21)12(11-6-2-1-3-7-11)10-19-15(20)18-9-5-4-8-13(18)17-19/h1-3,6-7,12H,4-5,8-10H2,(H2,16,21). The fraction of sp³-hybridized carbons (Fsp3) is 0.400. The highest BCUT2D eigenvalue weighted by Crippen LogP contribution is 2.18. The molecule has 6 heteroatoms. The van der Waals surface area contributed by atoms with Crippen LogP contribution in [0.25, 0.3) is 0 Å². The first-order valence-corrected chi connectivity index (χ1v) is 7.58. The first-order valence-electron chi connectivity index (χ1n) is 7.17. The zero-order valence-corrected chi connectivity index (χ0v) is 12.6. The largest absolute Gasteiger partial charge is 0.393 e. The van der Waals surface area contributed by atoms with Crippen LogP contribution in [-0.4, -0.2) is 19.3 Å². The molecule has 0 fully saturated rings. The van der Waals surface area contributed by atoms with Gasteiger partial charge < -0.3 is 5.73 Å². The van der Waals surface area contributed by atoms with Gasteiger partial charge in [0.2, 0.25) is 0 Å². The van der Waals surface area contributed by atoms with E-state index in [2.05, 4.69) is 5.10 Å². The molecule has 2 aromatic rings. The maximum Gasteiger partial charge on any atom is 0.345 e. The molecule has 0 saturated heterocycles. The minimum absolute atomic E-state index is 0.0538. The molecule has 110 valence electrons. The van der Waals surface area contributed by atoms with Gasteiger partial charge >= 0.3 is 5.69 Å². The Morgan fingerprint density at radius 3 is 2.76 bits per heavy atom. The van der Waals surface area contributed by atoms with Crippen LogP contribution in [0.5, 0.6) is 0 Å². The lowest BCUT2D eigenvalue weighted by Crippen LogP contribution is -2.31. The van der Waals surface area contributed by atoms with Gasteiger partial charge in [-0.2, -0.15) is 5.10 Å². The van der Waals surface area contributed by atoms with Crippen molar-refractivity contribution >= 4 is 17.2 Å². The number of aromatic nitrogens is 3. The summed E-state index contributed by atoms with van der Waals surface area (Å²) in [6.45, 7) is 1.16. The molecule has 0 radical (unpaired) electrons. The zero-order valence-electron chi connectivity index (χ0n) is 11.7. The van der Waals surface area contributed by atoms with E-state index in [1.807, 2.05) is 30.3 Å². The van der Waals surface area contributed by atoms with E-state index >= 15 is 0 Å². The van der Waals surface area contributed by atoms with Crippen molar-refractivity contribution in [2.45, 2.75) is 38.3 Å². The topological polar surface area (TPSA) is 65.8 Å². The van der Waals surface area contributed by atoms with Gasteiger partial charge in [0.15, 0.2) is 0 Å². The van der Waals surface area contributed by atoms with Crippen LogP contribution >= 0.6 is 12.2 Å². The molecule has 2 heterocycles. The second kappa shape index (κ2) is 5.81. The van der Waals surface area contributed by atoms with Gasteiger partial charge in [-0.05, 0) is 18.4 Å². The fourth-order valence-corrected chi connectivity index (χ4v) is 3.00. The second-order valence-electron chi connectivity index (χ2n) is 5.36. The Balaban J connectivity index is 1.92. The number of benzene rings is 1. The van der Waals surface area contributed by atoms with Crippen molar-refractivity contribution in [3.8, 4) is 0 Å². The number of hydrogen-bond acceptors (Lipinski definition) is 3. The molecule has 1 unspecified atom stereocenters. The van der Waals surface area contributed by atoms with Crippen LogP contribution in [0.2, 0.25) is 0 Å². The quantitative estimate of drug-likeness (QED) is 0.868. The van der Waals surface area contributed by atoms with Crippen molar-refractivity contribution < 1.29 is 0 Å². The molecular weight excluding hydrogens is 284 g/mol. The number of nitrogens with zero attached hydrogens (tertiary/aromatic N) is 3. The molecule has 1 aliphatic heterocycles. The lowest BCUT2D eigenvalue weighted by atomic mass is 9.99. The number of nitrogens with two attached hydrogens (primary N) is 1. The van der Waals surface area contributed by atoms with E-state index in [-0.39, 0.29) is 11.6 Å². The average Bonchev–Trinajstić information content (AvgIpc) is 2.82. The number of rotatable bonds is 4. The highest BCUT2D eigenvalue weighted by molar-refractivity contribution is 7.80. The van der Waals surface area contributed by atoms with E-state index in [0.717, 1.165) is 37.2 Å². The van der Waals surface area contributed by atoms with E-state index in [1.54, 1.807) is 4.57 Å². The van der Waals surface area contributed by atoms with E-state index < -0.39 is 0 Å². The second-order valence-corrected chi connectivity index (χ2v) is 5.83. The van der Waals surface area contributed by atoms with Crippen LogP contribution < -0.4 is 11.4 Å². The van der Waals surface area contributed by atoms with Crippen molar-refractivity contribution in [1.29, 1.82) is 0 Å². The zero-order chi connectivity index (χ0) is 14.8. The summed E-state index contributed by atoms with van der Waals surface area (Å²) in [6, 6.07) is 9.79. The van der Waals surface area contributed by atoms with Gasteiger partial charge in [0.05, 0.1) is 17.5 Å². The van der Waals surface area contributed by atoms with E-state index in [4.69, 9.17) is 18.0 Å². The van der Waals surface area contributed by atoms with Gasteiger partial charge in [-0.25, -0.2) is 9.48 Å². The summed E-state index contributed by atoms with van der Waals surface area (Å²) >= 11 is 5.18. The summed E-state index contributed by atoms with van der Waals surface area (Å²) < 4.78 is 3.28. The molecule has 1 aliphatic rings. The minimum Gasteiger partial charge on any atom is -0.393 e. The Hall–Kier alpha value is -1.95. The Labute approximate surface area is 128 Å². The van der Waals surface area contributed by atoms with E-state index in [1.165, 1.54) is 4.68 Å². The third-order valence-corrected chi connectivity index (χ3v) is 4.22. The molecule has 1 aromatic heterocycles. The Morgan fingerprint density at radius 2 is 2.10 bits per heavy atom. The SMILES string of the molecule is NC(=S)C(Cn1nc2n(c1=O)CCCC2)c1ccccc1. The molecule has 21 heavy (non-hydrogen) atoms. The summed E-state index contributed by atoms with van der Waals surface area (Å²) in [5.74, 6) is 0.705. The molecule has 0 bridgehead atoms. The van der Waals surface area contributed by atoms with Gasteiger partial charge in [0.25, 0.3) is 0 Å². The molecule has 0 aliphatic carbocycles. The Morgan fingerprint density at radius 1 is 1.33 bits per heavy atom. The summed E-state index contributed by atoms with van der Waals surface area (Å²) in [7, 11) is 0. The van der Waals surface area contributed by atoms with Crippen molar-refractivity contribution in [3.63, 3.8) is 0 Å². The maximum absolute atomic E-state index is 12.4. The molecule has 5 nitrogen and oxygen atoms in total. The maximum atomic E-state index is 12.4. The first kappa shape index (κ1) is 14.0. The number of hydrogen-bond donors (Lipinski definition) is 1. The molecule has 1 aromatic carbocycles. The van der Waals surface area contributed by atoms with Crippen LogP contribution in [0.1, 0.15) is 30.1 Å². The highest BCUT2D eigenvalue weighted by Gasteiger charge is 2.21. The van der Waals surface area contributed by atoms with Crippen molar-refractivity contribution in [2.24, 2.45) is 5.73 Å². The van der Waals surface area contributed by atoms with Crippen molar-refractivity contribution in [2.75, 3.05) is 0 Å². The molecule has 0 amide bonds. The predicted octanol–water partition coefficient (Wildman–Crippen LogP) is 1.45. The first-order chi connectivity index (χ1) is 10.2. The lowest BCUT2D eigenvalue weighted by Gasteiger charge is -2.15. The van der Waals surface area contributed by atoms with Gasteiger partial charge in [0, 0.05) is 13.0 Å². The van der Waals surface area contributed by atoms with Crippen LogP contribution in [-0.2, 0) is 19.5 Å². The van der Waals surface area contributed by atoms with E-state index in [0.29, 0.717) is 11.5 Å². The molecule has 0 saturated carbocycles. The van der Waals surface area contributed by atoms with Gasteiger partial charge in [0.1, 0.15) is 5.82 Å². The monoisotopic (exact) mass is 302 g/mol. The number of aryl methyl sites for hydroxylation is 1. The van der Waals surface area contributed by atoms with Gasteiger partial charge in [-0.15, -0.1) is 0 Å². The van der Waals surface area contributed by atoms with Crippen molar-refractivity contribution in [1.82, 2.24) is 14.3 Å². The van der Waals surface area contributed by atoms with Gasteiger partial charge in [-0.3, -0.25) is 4.57 Å². The van der Waals surface area contributed by atoms with Crippen LogP contribution in [0.3, 0.4) is 0 Å². The average molecular weight is 302 g/mol.